The van der Waals surface area contributed by atoms with Crippen LogP contribution in [0, 0.1) is 40.4 Å². The van der Waals surface area contributed by atoms with E-state index in [-0.39, 0.29) is 29.0 Å². The standard InChI is InChI=1S/C36H68O5Si4/c1-25(16-19-33(37)41-45(13,14)15)28-17-18-29-34-30(24-32(36(28,29)3)40-44(10,11)12)35(2)21-20-27(38-42(4,5)6)22-26(35)23-31(34)39-43(7,8)9/h20,22,25,28-32,34H,16-19,21,23-24H2,1-15H3/t25-,28-,29?,30?,31+,32+,34?,35+,36-/m1/s1. The van der Waals surface area contributed by atoms with Gasteiger partial charge in [0.2, 0.25) is 16.6 Å². The van der Waals surface area contributed by atoms with Crippen LogP contribution in [0.5, 0.6) is 0 Å². The summed E-state index contributed by atoms with van der Waals surface area (Å²) in [6.07, 6.45) is 12.3. The van der Waals surface area contributed by atoms with Gasteiger partial charge in [0.25, 0.3) is 5.97 Å². The van der Waals surface area contributed by atoms with Crippen molar-refractivity contribution in [2.45, 2.75) is 156 Å². The molecule has 0 aliphatic heterocycles. The summed E-state index contributed by atoms with van der Waals surface area (Å²) in [5.74, 6) is 3.65. The van der Waals surface area contributed by atoms with Crippen LogP contribution in [0.4, 0.5) is 0 Å². The molecule has 0 amide bonds. The third-order valence-corrected chi connectivity index (χ3v) is 14.9. The fourth-order valence-corrected chi connectivity index (χ4v) is 13.8. The minimum atomic E-state index is -1.88. The Labute approximate surface area is 281 Å². The van der Waals surface area contributed by atoms with Crippen LogP contribution < -0.4 is 0 Å². The summed E-state index contributed by atoms with van der Waals surface area (Å²) in [6.45, 7) is 34.9. The number of rotatable bonds is 11. The highest BCUT2D eigenvalue weighted by molar-refractivity contribution is 6.71. The molecule has 4 aliphatic carbocycles. The first kappa shape index (κ1) is 37.4. The van der Waals surface area contributed by atoms with Crippen molar-refractivity contribution in [2.75, 3.05) is 0 Å². The Bertz CT molecular complexity index is 1160. The predicted molar refractivity (Wildman–Crippen MR) is 198 cm³/mol. The largest absolute Gasteiger partial charge is 0.545 e. The number of hydrogen-bond acceptors (Lipinski definition) is 5. The molecule has 0 aromatic heterocycles. The molecule has 0 radical (unpaired) electrons. The van der Waals surface area contributed by atoms with Crippen LogP contribution in [0.3, 0.4) is 0 Å². The van der Waals surface area contributed by atoms with Gasteiger partial charge >= 0.3 is 0 Å². The molecular formula is C36H68O5Si4. The van der Waals surface area contributed by atoms with E-state index in [1.54, 1.807) is 5.57 Å². The molecule has 0 saturated heterocycles. The molecule has 0 bridgehead atoms. The van der Waals surface area contributed by atoms with Crippen molar-refractivity contribution >= 4 is 39.2 Å². The van der Waals surface area contributed by atoms with Gasteiger partial charge < -0.3 is 17.7 Å². The molecule has 0 heterocycles. The van der Waals surface area contributed by atoms with Gasteiger partial charge in [0.1, 0.15) is 0 Å². The van der Waals surface area contributed by atoms with E-state index in [9.17, 15) is 4.79 Å². The van der Waals surface area contributed by atoms with Gasteiger partial charge in [-0.15, -0.1) is 0 Å². The van der Waals surface area contributed by atoms with E-state index in [2.05, 4.69) is 111 Å². The number of hydrogen-bond donors (Lipinski definition) is 0. The Morgan fingerprint density at radius 1 is 0.867 bits per heavy atom. The van der Waals surface area contributed by atoms with Crippen molar-refractivity contribution in [2.24, 2.45) is 40.4 Å². The lowest BCUT2D eigenvalue weighted by Gasteiger charge is -2.63. The summed E-state index contributed by atoms with van der Waals surface area (Å²) >= 11 is 0. The Morgan fingerprint density at radius 3 is 2.04 bits per heavy atom. The summed E-state index contributed by atoms with van der Waals surface area (Å²) in [6, 6.07) is 0. The fourth-order valence-electron chi connectivity index (χ4n) is 9.78. The highest BCUT2D eigenvalue weighted by Gasteiger charge is 2.66. The van der Waals surface area contributed by atoms with Gasteiger partial charge in [0, 0.05) is 6.42 Å². The molecule has 4 aliphatic rings. The van der Waals surface area contributed by atoms with E-state index in [0.717, 1.165) is 31.4 Å². The molecule has 5 nitrogen and oxygen atoms in total. The summed E-state index contributed by atoms with van der Waals surface area (Å²) in [4.78, 5) is 12.8. The van der Waals surface area contributed by atoms with Gasteiger partial charge in [0.05, 0.1) is 18.0 Å². The molecule has 0 spiro atoms. The topological polar surface area (TPSA) is 54.0 Å². The quantitative estimate of drug-likeness (QED) is 0.202. The maximum absolute atomic E-state index is 12.8. The Kier molecular flexibility index (Phi) is 10.6. The van der Waals surface area contributed by atoms with Crippen molar-refractivity contribution in [1.29, 1.82) is 0 Å². The Hall–Kier alpha value is -0.462. The van der Waals surface area contributed by atoms with Crippen LogP contribution in [-0.4, -0.2) is 51.4 Å². The Balaban J connectivity index is 1.72. The zero-order chi connectivity index (χ0) is 34.0. The van der Waals surface area contributed by atoms with E-state index in [1.165, 1.54) is 12.8 Å². The minimum Gasteiger partial charge on any atom is -0.545 e. The van der Waals surface area contributed by atoms with Crippen LogP contribution in [0.15, 0.2) is 23.5 Å². The number of allylic oxidation sites excluding steroid dienone is 2. The third-order valence-electron chi connectivity index (χ3n) is 11.3. The van der Waals surface area contributed by atoms with Crippen LogP contribution in [-0.2, 0) is 22.5 Å². The van der Waals surface area contributed by atoms with Gasteiger partial charge in [-0.05, 0) is 170 Å². The van der Waals surface area contributed by atoms with E-state index < -0.39 is 33.3 Å². The molecule has 9 heteroatoms. The van der Waals surface area contributed by atoms with Crippen molar-refractivity contribution in [3.63, 3.8) is 0 Å². The summed E-state index contributed by atoms with van der Waals surface area (Å²) in [5, 5.41) is 0. The highest BCUT2D eigenvalue weighted by atomic mass is 28.4. The maximum Gasteiger partial charge on any atom is 0.292 e. The lowest BCUT2D eigenvalue weighted by molar-refractivity contribution is -0.157. The average Bonchev–Trinajstić information content (AvgIpc) is 3.18. The molecule has 0 aromatic rings. The predicted octanol–water partition coefficient (Wildman–Crippen LogP) is 10.4. The second kappa shape index (κ2) is 12.8. The number of fused-ring (bicyclic) bond motifs is 5. The van der Waals surface area contributed by atoms with Gasteiger partial charge in [-0.3, -0.25) is 4.79 Å². The first-order valence-corrected chi connectivity index (χ1v) is 31.6. The molecule has 4 rings (SSSR count). The van der Waals surface area contributed by atoms with Crippen molar-refractivity contribution in [3.05, 3.63) is 23.5 Å². The molecule has 3 fully saturated rings. The number of carbonyl (C=O) groups is 1. The second-order valence-electron chi connectivity index (χ2n) is 19.5. The van der Waals surface area contributed by atoms with Gasteiger partial charge in [-0.1, -0.05) is 26.3 Å². The highest BCUT2D eigenvalue weighted by Crippen LogP contribution is 2.69. The van der Waals surface area contributed by atoms with Crippen LogP contribution in [0.25, 0.3) is 0 Å². The molecular weight excluding hydrogens is 625 g/mol. The molecule has 45 heavy (non-hydrogen) atoms. The van der Waals surface area contributed by atoms with Gasteiger partial charge in [0.15, 0.2) is 16.6 Å². The molecule has 3 unspecified atom stereocenters. The molecule has 9 atom stereocenters. The molecule has 258 valence electrons. The fraction of sp³-hybridized carbons (Fsp3) is 0.861. The minimum absolute atomic E-state index is 0.00900. The lowest BCUT2D eigenvalue weighted by Crippen LogP contribution is -2.62. The Morgan fingerprint density at radius 2 is 1.49 bits per heavy atom. The smallest absolute Gasteiger partial charge is 0.292 e. The molecule has 0 aromatic carbocycles. The summed E-state index contributed by atoms with van der Waals surface area (Å²) < 4.78 is 27.0. The SMILES string of the molecule is C[C@H](CCC(=O)O[Si](C)(C)C)[C@H]1CCC2C3C(C[C@H](O[Si](C)(C)C)[C@@]21C)[C@@]1(C)CC=C(O[Si](C)(C)C)C=C1C[C@@H]3O[Si](C)(C)C. The third kappa shape index (κ3) is 8.59. The van der Waals surface area contributed by atoms with E-state index in [4.69, 9.17) is 17.7 Å². The van der Waals surface area contributed by atoms with Crippen LogP contribution >= 0.6 is 0 Å². The van der Waals surface area contributed by atoms with Gasteiger partial charge in [-0.2, -0.15) is 0 Å². The van der Waals surface area contributed by atoms with Crippen molar-refractivity contribution in [3.8, 4) is 0 Å². The lowest BCUT2D eigenvalue weighted by atomic mass is 9.45. The van der Waals surface area contributed by atoms with E-state index >= 15 is 0 Å². The first-order valence-electron chi connectivity index (χ1n) is 18.0. The average molecular weight is 693 g/mol. The van der Waals surface area contributed by atoms with Crippen molar-refractivity contribution in [1.82, 2.24) is 0 Å². The maximum atomic E-state index is 12.8. The van der Waals surface area contributed by atoms with Crippen LogP contribution in [0.2, 0.25) is 78.6 Å². The first-order chi connectivity index (χ1) is 20.3. The zero-order valence-electron chi connectivity index (χ0n) is 31.7. The second-order valence-corrected chi connectivity index (χ2v) is 37.3. The summed E-state index contributed by atoms with van der Waals surface area (Å²) in [5.41, 5.74) is 1.71. The summed E-state index contributed by atoms with van der Waals surface area (Å²) in [7, 11) is -7.22. The van der Waals surface area contributed by atoms with Crippen molar-refractivity contribution < 1.29 is 22.5 Å². The van der Waals surface area contributed by atoms with E-state index in [0.29, 0.717) is 36.0 Å². The normalized spacial score (nSPS) is 36.2. The van der Waals surface area contributed by atoms with Crippen LogP contribution in [0.1, 0.15) is 65.7 Å². The molecule has 3 saturated carbocycles. The zero-order valence-corrected chi connectivity index (χ0v) is 35.7. The van der Waals surface area contributed by atoms with E-state index in [1.807, 2.05) is 0 Å². The molecule has 0 N–H and O–H groups in total. The monoisotopic (exact) mass is 692 g/mol. The number of carbonyl (C=O) groups excluding carboxylic acids is 1. The van der Waals surface area contributed by atoms with Gasteiger partial charge in [-0.25, -0.2) is 0 Å².